The van der Waals surface area contributed by atoms with E-state index in [1.807, 2.05) is 36.7 Å². The Hall–Kier alpha value is -3.16. The fourth-order valence-corrected chi connectivity index (χ4v) is 4.56. The van der Waals surface area contributed by atoms with Crippen molar-refractivity contribution in [1.82, 2.24) is 9.97 Å². The molecule has 2 aromatic heterocycles. The van der Waals surface area contributed by atoms with Crippen LogP contribution in [0.1, 0.15) is 11.1 Å². The predicted octanol–water partition coefficient (Wildman–Crippen LogP) is 3.77. The largest absolute Gasteiger partial charge is 0.361 e. The Labute approximate surface area is 172 Å². The van der Waals surface area contributed by atoms with Gasteiger partial charge in [-0.2, -0.15) is 0 Å². The minimum Gasteiger partial charge on any atom is -0.361 e. The summed E-state index contributed by atoms with van der Waals surface area (Å²) in [5, 5.41) is 8.30. The molecule has 0 aliphatic carbocycles. The highest BCUT2D eigenvalue weighted by molar-refractivity contribution is 7.18. The standard InChI is InChI=1S/C22H21N5OS/c23-16(8-15-10-24-19-4-2-1-3-17(15)19)11-25-22-26-12-20(29-22)13-5-6-18-14(7-13)9-21(28)27-18/h1-7,10,12,16,24H,8-9,11,23H2,(H,25,26)(H,27,28). The van der Waals surface area contributed by atoms with E-state index in [1.165, 1.54) is 10.9 Å². The van der Waals surface area contributed by atoms with E-state index in [2.05, 4.69) is 38.8 Å². The molecule has 2 aromatic carbocycles. The minimum atomic E-state index is -0.0152. The zero-order chi connectivity index (χ0) is 19.8. The highest BCUT2D eigenvalue weighted by Gasteiger charge is 2.18. The van der Waals surface area contributed by atoms with Gasteiger partial charge in [0.15, 0.2) is 5.13 Å². The molecule has 0 fully saturated rings. The molecule has 1 aliphatic heterocycles. The van der Waals surface area contributed by atoms with Crippen LogP contribution < -0.4 is 16.4 Å². The summed E-state index contributed by atoms with van der Waals surface area (Å²) in [6, 6.07) is 14.3. The number of H-pyrrole nitrogens is 1. The number of amides is 1. The summed E-state index contributed by atoms with van der Waals surface area (Å²) >= 11 is 1.60. The van der Waals surface area contributed by atoms with Gasteiger partial charge in [-0.05, 0) is 41.3 Å². The van der Waals surface area contributed by atoms with Crippen LogP contribution in [0, 0.1) is 0 Å². The molecule has 1 atom stereocenters. The second-order valence-corrected chi connectivity index (χ2v) is 8.36. The first-order valence-electron chi connectivity index (χ1n) is 9.59. The Morgan fingerprint density at radius 3 is 3.07 bits per heavy atom. The van der Waals surface area contributed by atoms with Gasteiger partial charge in [-0.1, -0.05) is 35.6 Å². The molecule has 6 nitrogen and oxygen atoms in total. The van der Waals surface area contributed by atoms with Gasteiger partial charge in [0.05, 0.1) is 11.3 Å². The van der Waals surface area contributed by atoms with Crippen molar-refractivity contribution in [3.8, 4) is 10.4 Å². The quantitative estimate of drug-likeness (QED) is 0.394. The lowest BCUT2D eigenvalue weighted by Crippen LogP contribution is -2.31. The average molecular weight is 404 g/mol. The number of carbonyl (C=O) groups is 1. The number of rotatable bonds is 6. The van der Waals surface area contributed by atoms with Gasteiger partial charge in [0, 0.05) is 41.6 Å². The number of benzene rings is 2. The van der Waals surface area contributed by atoms with Crippen molar-refractivity contribution in [1.29, 1.82) is 0 Å². The van der Waals surface area contributed by atoms with Gasteiger partial charge in [0.25, 0.3) is 0 Å². The summed E-state index contributed by atoms with van der Waals surface area (Å²) in [5.74, 6) is 0.0491. The zero-order valence-electron chi connectivity index (χ0n) is 15.7. The van der Waals surface area contributed by atoms with Crippen LogP contribution in [-0.2, 0) is 17.6 Å². The van der Waals surface area contributed by atoms with Gasteiger partial charge < -0.3 is 21.4 Å². The van der Waals surface area contributed by atoms with Crippen molar-refractivity contribution in [3.05, 3.63) is 66.0 Å². The Balaban J connectivity index is 1.23. The van der Waals surface area contributed by atoms with E-state index in [-0.39, 0.29) is 11.9 Å². The molecule has 1 unspecified atom stereocenters. The molecule has 1 amide bonds. The Kier molecular flexibility index (Phi) is 4.54. The van der Waals surface area contributed by atoms with E-state index >= 15 is 0 Å². The molecule has 0 spiro atoms. The summed E-state index contributed by atoms with van der Waals surface area (Å²) in [6.07, 6.45) is 5.14. The maximum atomic E-state index is 11.5. The first-order valence-corrected chi connectivity index (χ1v) is 10.4. The molecule has 0 radical (unpaired) electrons. The molecular weight excluding hydrogens is 382 g/mol. The van der Waals surface area contributed by atoms with Crippen LogP contribution in [0.5, 0.6) is 0 Å². The van der Waals surface area contributed by atoms with Crippen LogP contribution in [0.4, 0.5) is 10.8 Å². The molecule has 29 heavy (non-hydrogen) atoms. The predicted molar refractivity (Wildman–Crippen MR) is 118 cm³/mol. The van der Waals surface area contributed by atoms with E-state index in [9.17, 15) is 4.79 Å². The molecule has 5 N–H and O–H groups in total. The molecule has 3 heterocycles. The second kappa shape index (κ2) is 7.35. The van der Waals surface area contributed by atoms with Gasteiger partial charge in [0.1, 0.15) is 0 Å². The van der Waals surface area contributed by atoms with Crippen LogP contribution in [0.2, 0.25) is 0 Å². The molecule has 5 rings (SSSR count). The second-order valence-electron chi connectivity index (χ2n) is 7.33. The maximum Gasteiger partial charge on any atom is 0.228 e. The van der Waals surface area contributed by atoms with Crippen molar-refractivity contribution < 1.29 is 4.79 Å². The molecule has 1 aliphatic rings. The highest BCUT2D eigenvalue weighted by Crippen LogP contribution is 2.33. The first kappa shape index (κ1) is 17.9. The summed E-state index contributed by atoms with van der Waals surface area (Å²) in [5.41, 5.74) is 11.8. The SMILES string of the molecule is NC(CNc1ncc(-c2ccc3c(c2)CC(=O)N3)s1)Cc1c[nH]c2ccccc12. The van der Waals surface area contributed by atoms with Crippen LogP contribution >= 0.6 is 11.3 Å². The van der Waals surface area contributed by atoms with Crippen molar-refractivity contribution in [2.24, 2.45) is 5.73 Å². The lowest BCUT2D eigenvalue weighted by Gasteiger charge is -2.11. The van der Waals surface area contributed by atoms with Crippen LogP contribution in [0.15, 0.2) is 54.9 Å². The third-order valence-corrected chi connectivity index (χ3v) is 6.20. The number of aromatic nitrogens is 2. The van der Waals surface area contributed by atoms with E-state index in [0.29, 0.717) is 13.0 Å². The highest BCUT2D eigenvalue weighted by atomic mass is 32.1. The number of anilines is 2. The fraction of sp³-hybridized carbons (Fsp3) is 0.182. The van der Waals surface area contributed by atoms with Crippen LogP contribution in [-0.4, -0.2) is 28.5 Å². The Morgan fingerprint density at radius 1 is 1.24 bits per heavy atom. The number of thiazole rings is 1. The van der Waals surface area contributed by atoms with E-state index in [4.69, 9.17) is 5.73 Å². The topological polar surface area (TPSA) is 95.8 Å². The number of hydrogen-bond acceptors (Lipinski definition) is 5. The van der Waals surface area contributed by atoms with Crippen molar-refractivity contribution in [2.45, 2.75) is 18.9 Å². The smallest absolute Gasteiger partial charge is 0.228 e. The number of aromatic amines is 1. The average Bonchev–Trinajstić information content (AvgIpc) is 3.44. The molecule has 146 valence electrons. The summed E-state index contributed by atoms with van der Waals surface area (Å²) in [6.45, 7) is 0.648. The lowest BCUT2D eigenvalue weighted by atomic mass is 10.1. The monoisotopic (exact) mass is 403 g/mol. The van der Waals surface area contributed by atoms with Crippen LogP contribution in [0.3, 0.4) is 0 Å². The van der Waals surface area contributed by atoms with Crippen molar-refractivity contribution in [3.63, 3.8) is 0 Å². The number of carbonyl (C=O) groups excluding carboxylic acids is 1. The van der Waals surface area contributed by atoms with Gasteiger partial charge in [0.2, 0.25) is 5.91 Å². The molecule has 0 saturated carbocycles. The number of para-hydroxylation sites is 1. The van der Waals surface area contributed by atoms with Crippen molar-refractivity contribution in [2.75, 3.05) is 17.2 Å². The number of nitrogens with zero attached hydrogens (tertiary/aromatic N) is 1. The number of fused-ring (bicyclic) bond motifs is 2. The summed E-state index contributed by atoms with van der Waals surface area (Å²) in [7, 11) is 0. The zero-order valence-corrected chi connectivity index (χ0v) is 16.6. The van der Waals surface area contributed by atoms with Crippen molar-refractivity contribution >= 4 is 39.0 Å². The molecule has 0 bridgehead atoms. The third-order valence-electron chi connectivity index (χ3n) is 5.19. The molecule has 7 heteroatoms. The van der Waals surface area contributed by atoms with Gasteiger partial charge in [-0.3, -0.25) is 4.79 Å². The minimum absolute atomic E-state index is 0.0152. The van der Waals surface area contributed by atoms with E-state index < -0.39 is 0 Å². The number of hydrogen-bond donors (Lipinski definition) is 4. The lowest BCUT2D eigenvalue weighted by molar-refractivity contribution is -0.115. The molecular formula is C22H21N5OS. The van der Waals surface area contributed by atoms with E-state index in [0.717, 1.165) is 38.8 Å². The number of nitrogens with two attached hydrogens (primary N) is 1. The molecule has 4 aromatic rings. The van der Waals surface area contributed by atoms with Gasteiger partial charge in [-0.15, -0.1) is 0 Å². The van der Waals surface area contributed by atoms with Gasteiger partial charge >= 0.3 is 0 Å². The summed E-state index contributed by atoms with van der Waals surface area (Å²) < 4.78 is 0. The Morgan fingerprint density at radius 2 is 2.14 bits per heavy atom. The number of nitrogens with one attached hydrogen (secondary N) is 3. The first-order chi connectivity index (χ1) is 14.2. The normalized spacial score (nSPS) is 14.0. The molecule has 0 saturated heterocycles. The Bertz CT molecular complexity index is 1190. The van der Waals surface area contributed by atoms with E-state index in [1.54, 1.807) is 11.3 Å². The third kappa shape index (κ3) is 3.62. The maximum absolute atomic E-state index is 11.5. The van der Waals surface area contributed by atoms with Crippen LogP contribution in [0.25, 0.3) is 21.3 Å². The fourth-order valence-electron chi connectivity index (χ4n) is 3.75. The summed E-state index contributed by atoms with van der Waals surface area (Å²) in [4.78, 5) is 20.4. The van der Waals surface area contributed by atoms with Gasteiger partial charge in [-0.25, -0.2) is 4.98 Å².